The van der Waals surface area contributed by atoms with Crippen molar-refractivity contribution in [3.63, 3.8) is 0 Å². The lowest BCUT2D eigenvalue weighted by Crippen LogP contribution is -2.14. The first-order valence-corrected chi connectivity index (χ1v) is 11.4. The molecule has 1 amide bonds. The van der Waals surface area contributed by atoms with Crippen molar-refractivity contribution in [3.8, 4) is 21.7 Å². The first-order chi connectivity index (χ1) is 16.8. The van der Waals surface area contributed by atoms with Crippen LogP contribution in [0.25, 0.3) is 31.9 Å². The molecule has 0 radical (unpaired) electrons. The number of anilines is 1. The van der Waals surface area contributed by atoms with Crippen LogP contribution in [0.15, 0.2) is 79.4 Å². The quantitative estimate of drug-likeness (QED) is 0.274. The average Bonchev–Trinajstić information content (AvgIpc) is 3.29. The number of rotatable bonds is 4. The van der Waals surface area contributed by atoms with Gasteiger partial charge in [-0.2, -0.15) is 13.2 Å². The van der Waals surface area contributed by atoms with Gasteiger partial charge in [-0.3, -0.25) is 9.78 Å². The summed E-state index contributed by atoms with van der Waals surface area (Å²) >= 11 is 7.18. The second-order valence-electron chi connectivity index (χ2n) is 7.51. The second kappa shape index (κ2) is 9.09. The number of benzene rings is 2. The molecular weight excluding hydrogens is 497 g/mol. The molecule has 0 aliphatic carbocycles. The first kappa shape index (κ1) is 22.9. The topological polar surface area (TPSA) is 67.8 Å². The third-order valence-corrected chi connectivity index (χ3v) is 6.64. The average molecular weight is 511 g/mol. The maximum Gasteiger partial charge on any atom is 0.417 e. The van der Waals surface area contributed by atoms with Gasteiger partial charge in [0.05, 0.1) is 16.3 Å². The lowest BCUT2D eigenvalue weighted by Gasteiger charge is -2.12. The molecule has 10 heteroatoms. The van der Waals surface area contributed by atoms with E-state index in [0.717, 1.165) is 38.4 Å². The normalized spacial score (nSPS) is 11.5. The van der Waals surface area contributed by atoms with Crippen molar-refractivity contribution in [1.29, 1.82) is 0 Å². The number of aromatic nitrogens is 3. The van der Waals surface area contributed by atoms with Crippen LogP contribution in [0.4, 0.5) is 18.9 Å². The van der Waals surface area contributed by atoms with E-state index in [-0.39, 0.29) is 5.56 Å². The zero-order chi connectivity index (χ0) is 24.6. The Morgan fingerprint density at radius 1 is 0.943 bits per heavy atom. The molecule has 2 aromatic carbocycles. The molecule has 35 heavy (non-hydrogen) atoms. The lowest BCUT2D eigenvalue weighted by molar-refractivity contribution is -0.137. The summed E-state index contributed by atoms with van der Waals surface area (Å²) in [5.74, 6) is -0.687. The number of nitrogens with one attached hydrogen (secondary N) is 1. The highest BCUT2D eigenvalue weighted by Crippen LogP contribution is 2.37. The van der Waals surface area contributed by atoms with Gasteiger partial charge in [0.25, 0.3) is 5.91 Å². The number of fused-ring (bicyclic) bond motifs is 1. The van der Waals surface area contributed by atoms with E-state index in [1.165, 1.54) is 23.7 Å². The number of carbonyl (C=O) groups excluding carboxylic acids is 1. The molecule has 0 aliphatic heterocycles. The van der Waals surface area contributed by atoms with E-state index in [9.17, 15) is 18.0 Å². The molecule has 5 aromatic rings. The Balaban J connectivity index is 1.46. The molecule has 0 unspecified atom stereocenters. The molecule has 0 atom stereocenters. The number of carbonyl (C=O) groups is 1. The minimum absolute atomic E-state index is 0.156. The smallest absolute Gasteiger partial charge is 0.322 e. The highest BCUT2D eigenvalue weighted by molar-refractivity contribution is 7.21. The number of hydrogen-bond donors (Lipinski definition) is 1. The van der Waals surface area contributed by atoms with Crippen LogP contribution in [0, 0.1) is 0 Å². The van der Waals surface area contributed by atoms with Gasteiger partial charge in [-0.1, -0.05) is 23.7 Å². The maximum absolute atomic E-state index is 13.2. The van der Waals surface area contributed by atoms with E-state index in [1.807, 2.05) is 24.3 Å². The fraction of sp³-hybridized carbons (Fsp3) is 0.0400. The molecule has 0 aliphatic rings. The fourth-order valence-corrected chi connectivity index (χ4v) is 4.80. The van der Waals surface area contributed by atoms with Gasteiger partial charge in [0.1, 0.15) is 11.2 Å². The van der Waals surface area contributed by atoms with Crippen molar-refractivity contribution < 1.29 is 18.0 Å². The number of halogens is 4. The molecule has 174 valence electrons. The molecule has 1 N–H and O–H groups in total. The predicted molar refractivity (Wildman–Crippen MR) is 130 cm³/mol. The van der Waals surface area contributed by atoms with E-state index < -0.39 is 22.7 Å². The number of nitrogens with zero attached hydrogens (tertiary/aromatic N) is 3. The van der Waals surface area contributed by atoms with E-state index in [4.69, 9.17) is 11.6 Å². The summed E-state index contributed by atoms with van der Waals surface area (Å²) in [5, 5.41) is 3.03. The van der Waals surface area contributed by atoms with Crippen LogP contribution in [-0.2, 0) is 6.18 Å². The van der Waals surface area contributed by atoms with E-state index in [1.54, 1.807) is 30.6 Å². The number of hydrogen-bond acceptors (Lipinski definition) is 5. The van der Waals surface area contributed by atoms with Crippen molar-refractivity contribution in [3.05, 3.63) is 95.5 Å². The summed E-state index contributed by atoms with van der Waals surface area (Å²) < 4.78 is 39.5. The first-order valence-electron chi connectivity index (χ1n) is 10.2. The van der Waals surface area contributed by atoms with Crippen molar-refractivity contribution in [2.75, 3.05) is 5.32 Å². The van der Waals surface area contributed by atoms with E-state index in [0.29, 0.717) is 11.4 Å². The molecule has 3 aromatic heterocycles. The number of amides is 1. The Kier molecular flexibility index (Phi) is 5.96. The van der Waals surface area contributed by atoms with Gasteiger partial charge in [0, 0.05) is 39.5 Å². The second-order valence-corrected chi connectivity index (χ2v) is 8.95. The SMILES string of the molecule is O=C(Nc1cccc(-c2ncnc3sc(-c4ccncc4)cc23)c1)c1ccc(Cl)c(C(F)(F)F)c1. The van der Waals surface area contributed by atoms with Crippen LogP contribution in [0.2, 0.25) is 5.02 Å². The van der Waals surface area contributed by atoms with E-state index in [2.05, 4.69) is 20.3 Å². The van der Waals surface area contributed by atoms with Crippen molar-refractivity contribution in [2.24, 2.45) is 0 Å². The van der Waals surface area contributed by atoms with Crippen LogP contribution in [0.5, 0.6) is 0 Å². The molecule has 0 saturated carbocycles. The Morgan fingerprint density at radius 3 is 2.51 bits per heavy atom. The van der Waals surface area contributed by atoms with Crippen LogP contribution in [-0.4, -0.2) is 20.9 Å². The fourth-order valence-electron chi connectivity index (χ4n) is 3.58. The van der Waals surface area contributed by atoms with Gasteiger partial charge < -0.3 is 5.32 Å². The van der Waals surface area contributed by atoms with Crippen LogP contribution < -0.4 is 5.32 Å². The maximum atomic E-state index is 13.2. The summed E-state index contributed by atoms with van der Waals surface area (Å²) in [6.45, 7) is 0. The van der Waals surface area contributed by atoms with Gasteiger partial charge in [-0.05, 0) is 54.1 Å². The van der Waals surface area contributed by atoms with E-state index >= 15 is 0 Å². The lowest BCUT2D eigenvalue weighted by atomic mass is 10.1. The van der Waals surface area contributed by atoms with Gasteiger partial charge in [-0.25, -0.2) is 9.97 Å². The molecule has 0 fully saturated rings. The molecular formula is C25H14ClF3N4OS. The molecule has 0 saturated heterocycles. The van der Waals surface area contributed by atoms with Crippen LogP contribution in [0.1, 0.15) is 15.9 Å². The summed E-state index contributed by atoms with van der Waals surface area (Å²) in [5.41, 5.74) is 1.60. The number of thiophene rings is 1. The van der Waals surface area contributed by atoms with Gasteiger partial charge in [-0.15, -0.1) is 11.3 Å². The van der Waals surface area contributed by atoms with Crippen LogP contribution >= 0.6 is 22.9 Å². The van der Waals surface area contributed by atoms with Gasteiger partial charge >= 0.3 is 6.18 Å². The number of alkyl halides is 3. The molecule has 5 nitrogen and oxygen atoms in total. The minimum Gasteiger partial charge on any atom is -0.322 e. The van der Waals surface area contributed by atoms with Crippen LogP contribution in [0.3, 0.4) is 0 Å². The molecule has 0 spiro atoms. The standard InChI is InChI=1S/C25H14ClF3N4OS/c26-20-5-4-16(11-19(20)25(27,28)29)23(34)33-17-3-1-2-15(10-17)22-18-12-21(14-6-8-30-9-7-14)35-24(18)32-13-31-22/h1-13H,(H,33,34). The van der Waals surface area contributed by atoms with Crippen molar-refractivity contribution in [1.82, 2.24) is 15.0 Å². The Bertz CT molecular complexity index is 1550. The highest BCUT2D eigenvalue weighted by atomic mass is 35.5. The number of pyridine rings is 1. The monoisotopic (exact) mass is 510 g/mol. The third-order valence-electron chi connectivity index (χ3n) is 5.22. The zero-order valence-electron chi connectivity index (χ0n) is 17.7. The van der Waals surface area contributed by atoms with Gasteiger partial charge in [0.2, 0.25) is 0 Å². The third kappa shape index (κ3) is 4.73. The molecule has 5 rings (SSSR count). The van der Waals surface area contributed by atoms with Crippen molar-refractivity contribution in [2.45, 2.75) is 6.18 Å². The largest absolute Gasteiger partial charge is 0.417 e. The Morgan fingerprint density at radius 2 is 1.74 bits per heavy atom. The predicted octanol–water partition coefficient (Wildman–Crippen LogP) is 7.34. The summed E-state index contributed by atoms with van der Waals surface area (Å²) in [6.07, 6.45) is 0.247. The molecule has 0 bridgehead atoms. The summed E-state index contributed by atoms with van der Waals surface area (Å²) in [7, 11) is 0. The highest BCUT2D eigenvalue weighted by Gasteiger charge is 2.33. The Hall–Kier alpha value is -3.82. The minimum atomic E-state index is -4.67. The molecule has 3 heterocycles. The van der Waals surface area contributed by atoms with Gasteiger partial charge in [0.15, 0.2) is 0 Å². The summed E-state index contributed by atoms with van der Waals surface area (Å²) in [4.78, 5) is 27.4. The summed E-state index contributed by atoms with van der Waals surface area (Å²) in [6, 6.07) is 15.8. The Labute approximate surface area is 206 Å². The zero-order valence-corrected chi connectivity index (χ0v) is 19.2. The van der Waals surface area contributed by atoms with Crippen molar-refractivity contribution >= 4 is 44.7 Å².